The molecule has 1 aliphatic rings. The second-order valence-electron chi connectivity index (χ2n) is 3.25. The van der Waals surface area contributed by atoms with Gasteiger partial charge in [-0.3, -0.25) is 0 Å². The molecule has 0 radical (unpaired) electrons. The standard InChI is InChI=1S/C11H12N2O2S2/c1-3-17(4-2)10-8-6-5-7-9(10)12-11(17)16(15)13-14/h3-8,13-14H,1-2H2. The van der Waals surface area contributed by atoms with Crippen LogP contribution in [0, 0.1) is 0 Å². The molecular formula is C11H12N2O2S2. The van der Waals surface area contributed by atoms with E-state index in [1.165, 1.54) is 0 Å². The second-order valence-corrected chi connectivity index (χ2v) is 7.53. The molecule has 17 heavy (non-hydrogen) atoms. The van der Waals surface area contributed by atoms with Gasteiger partial charge in [0.15, 0.2) is 15.4 Å². The van der Waals surface area contributed by atoms with E-state index in [1.54, 1.807) is 15.7 Å². The Morgan fingerprint density at radius 2 is 2.00 bits per heavy atom. The van der Waals surface area contributed by atoms with Crippen molar-refractivity contribution in [2.45, 2.75) is 4.90 Å². The monoisotopic (exact) mass is 268 g/mol. The summed E-state index contributed by atoms with van der Waals surface area (Å²) in [5, 5.41) is 12.2. The maximum absolute atomic E-state index is 11.8. The third-order valence-electron chi connectivity index (χ3n) is 2.50. The SMILES string of the molecule is C=CS1(C=C)C(S(=O)NO)=Nc2ccccc21. The predicted octanol–water partition coefficient (Wildman–Crippen LogP) is 2.78. The van der Waals surface area contributed by atoms with Crippen LogP contribution in [0.5, 0.6) is 0 Å². The summed E-state index contributed by atoms with van der Waals surface area (Å²) in [4.78, 5) is 6.99. The van der Waals surface area contributed by atoms with Crippen molar-refractivity contribution >= 4 is 31.1 Å². The quantitative estimate of drug-likeness (QED) is 0.654. The van der Waals surface area contributed by atoms with E-state index in [2.05, 4.69) is 18.2 Å². The molecule has 1 atom stereocenters. The first-order valence-electron chi connectivity index (χ1n) is 4.77. The van der Waals surface area contributed by atoms with E-state index < -0.39 is 21.0 Å². The summed E-state index contributed by atoms with van der Waals surface area (Å²) in [5.41, 5.74) is 0.751. The Hall–Kier alpha value is -1.21. The molecular weight excluding hydrogens is 256 g/mol. The fourth-order valence-electron chi connectivity index (χ4n) is 1.70. The predicted molar refractivity (Wildman–Crippen MR) is 72.9 cm³/mol. The lowest BCUT2D eigenvalue weighted by atomic mass is 10.3. The van der Waals surface area contributed by atoms with Crippen molar-refractivity contribution in [3.05, 3.63) is 48.2 Å². The number of nitrogens with zero attached hydrogens (tertiary/aromatic N) is 1. The summed E-state index contributed by atoms with van der Waals surface area (Å²) >= 11 is 0. The van der Waals surface area contributed by atoms with Crippen molar-refractivity contribution in [2.24, 2.45) is 4.99 Å². The fraction of sp³-hybridized carbons (Fsp3) is 0. The third kappa shape index (κ3) is 1.69. The van der Waals surface area contributed by atoms with E-state index in [4.69, 9.17) is 5.21 Å². The minimum absolute atomic E-state index is 0.367. The highest BCUT2D eigenvalue weighted by molar-refractivity contribution is 8.58. The van der Waals surface area contributed by atoms with Gasteiger partial charge >= 0.3 is 0 Å². The molecule has 2 N–H and O–H groups in total. The van der Waals surface area contributed by atoms with Crippen molar-refractivity contribution in [1.82, 2.24) is 4.89 Å². The zero-order chi connectivity index (χ0) is 12.5. The lowest BCUT2D eigenvalue weighted by Crippen LogP contribution is -2.22. The normalized spacial score (nSPS) is 19.9. The van der Waals surface area contributed by atoms with Crippen LogP contribution in [0.15, 0.2) is 58.1 Å². The molecule has 1 unspecified atom stereocenters. The summed E-state index contributed by atoms with van der Waals surface area (Å²) in [6.45, 7) is 7.59. The Morgan fingerprint density at radius 3 is 2.59 bits per heavy atom. The third-order valence-corrected chi connectivity index (χ3v) is 7.15. The minimum atomic E-state index is -1.79. The Labute approximate surface area is 104 Å². The van der Waals surface area contributed by atoms with E-state index >= 15 is 0 Å². The molecule has 6 heteroatoms. The largest absolute Gasteiger partial charge is 0.304 e. The molecule has 90 valence electrons. The molecule has 1 aromatic carbocycles. The zero-order valence-electron chi connectivity index (χ0n) is 9.00. The van der Waals surface area contributed by atoms with E-state index in [1.807, 2.05) is 24.3 Å². The van der Waals surface area contributed by atoms with Gasteiger partial charge in [0.25, 0.3) is 0 Å². The highest BCUT2D eigenvalue weighted by atomic mass is 32.3. The summed E-state index contributed by atoms with van der Waals surface area (Å²) in [6, 6.07) is 7.50. The van der Waals surface area contributed by atoms with Gasteiger partial charge in [-0.15, -0.1) is 14.9 Å². The van der Waals surface area contributed by atoms with Crippen LogP contribution in [-0.2, 0) is 11.0 Å². The van der Waals surface area contributed by atoms with Crippen molar-refractivity contribution in [1.29, 1.82) is 0 Å². The molecule has 0 fully saturated rings. The second kappa shape index (κ2) is 4.58. The average Bonchev–Trinajstić information content (AvgIpc) is 2.72. The number of aliphatic imine (C=N–C) groups is 1. The van der Waals surface area contributed by atoms with Crippen LogP contribution >= 0.6 is 10.0 Å². The molecule has 1 heterocycles. The van der Waals surface area contributed by atoms with Gasteiger partial charge in [-0.2, -0.15) is 0 Å². The maximum atomic E-state index is 11.8. The fourth-order valence-corrected chi connectivity index (χ4v) is 5.73. The number of benzene rings is 1. The van der Waals surface area contributed by atoms with E-state index in [-0.39, 0.29) is 0 Å². The molecule has 0 aromatic heterocycles. The first-order chi connectivity index (χ1) is 8.19. The summed E-state index contributed by atoms with van der Waals surface area (Å²) in [6.07, 6.45) is 0. The first-order valence-corrected chi connectivity index (χ1v) is 7.68. The number of fused-ring (bicyclic) bond motifs is 1. The van der Waals surface area contributed by atoms with Crippen molar-refractivity contribution in [3.63, 3.8) is 0 Å². The molecule has 0 bridgehead atoms. The van der Waals surface area contributed by atoms with Gasteiger partial charge in [-0.05, 0) is 22.9 Å². The van der Waals surface area contributed by atoms with E-state index in [0.29, 0.717) is 4.38 Å². The smallest absolute Gasteiger partial charge is 0.173 e. The molecule has 1 aliphatic heterocycles. The van der Waals surface area contributed by atoms with Crippen LogP contribution in [0.4, 0.5) is 5.69 Å². The van der Waals surface area contributed by atoms with E-state index in [0.717, 1.165) is 10.6 Å². The van der Waals surface area contributed by atoms with Crippen molar-refractivity contribution in [3.8, 4) is 0 Å². The molecule has 0 saturated carbocycles. The van der Waals surface area contributed by atoms with Gasteiger partial charge in [-0.25, -0.2) is 9.20 Å². The molecule has 2 rings (SSSR count). The Bertz CT molecular complexity index is 532. The van der Waals surface area contributed by atoms with Gasteiger partial charge in [0.2, 0.25) is 0 Å². The van der Waals surface area contributed by atoms with Crippen LogP contribution in [0.1, 0.15) is 0 Å². The van der Waals surface area contributed by atoms with Gasteiger partial charge in [0.1, 0.15) is 0 Å². The average molecular weight is 268 g/mol. The number of nitrogens with one attached hydrogen (secondary N) is 1. The summed E-state index contributed by atoms with van der Waals surface area (Å²) < 4.78 is 12.1. The number of hydrogen-bond acceptors (Lipinski definition) is 3. The van der Waals surface area contributed by atoms with Gasteiger partial charge in [0, 0.05) is 4.90 Å². The van der Waals surface area contributed by atoms with E-state index in [9.17, 15) is 4.21 Å². The van der Waals surface area contributed by atoms with Crippen LogP contribution in [0.25, 0.3) is 0 Å². The molecule has 0 aliphatic carbocycles. The van der Waals surface area contributed by atoms with Crippen molar-refractivity contribution < 1.29 is 9.42 Å². The molecule has 0 amide bonds. The summed E-state index contributed by atoms with van der Waals surface area (Å²) in [7, 11) is -3.54. The molecule has 0 spiro atoms. The highest BCUT2D eigenvalue weighted by Crippen LogP contribution is 2.66. The topological polar surface area (TPSA) is 61.7 Å². The molecule has 4 nitrogen and oxygen atoms in total. The Balaban J connectivity index is 2.68. The number of para-hydroxylation sites is 1. The molecule has 1 aromatic rings. The van der Waals surface area contributed by atoms with Crippen LogP contribution in [0.3, 0.4) is 0 Å². The maximum Gasteiger partial charge on any atom is 0.173 e. The van der Waals surface area contributed by atoms with Crippen LogP contribution in [-0.4, -0.2) is 13.8 Å². The van der Waals surface area contributed by atoms with Crippen molar-refractivity contribution in [2.75, 3.05) is 0 Å². The Morgan fingerprint density at radius 1 is 1.35 bits per heavy atom. The number of rotatable bonds is 3. The Kier molecular flexibility index (Phi) is 3.30. The minimum Gasteiger partial charge on any atom is -0.304 e. The van der Waals surface area contributed by atoms with Gasteiger partial charge in [-0.1, -0.05) is 25.3 Å². The zero-order valence-corrected chi connectivity index (χ0v) is 10.6. The van der Waals surface area contributed by atoms with Gasteiger partial charge in [0.05, 0.1) is 5.69 Å². The lowest BCUT2D eigenvalue weighted by Gasteiger charge is -2.29. The first kappa shape index (κ1) is 12.3. The lowest BCUT2D eigenvalue weighted by molar-refractivity contribution is 0.253. The highest BCUT2D eigenvalue weighted by Gasteiger charge is 2.37. The van der Waals surface area contributed by atoms with Crippen LogP contribution in [0.2, 0.25) is 0 Å². The van der Waals surface area contributed by atoms with Crippen LogP contribution < -0.4 is 4.89 Å². The summed E-state index contributed by atoms with van der Waals surface area (Å²) in [5.74, 6) is 0. The number of hydrogen-bond donors (Lipinski definition) is 2. The van der Waals surface area contributed by atoms with Gasteiger partial charge < -0.3 is 5.21 Å². The molecule has 0 saturated heterocycles.